The Kier molecular flexibility index (Phi) is 7.97. The molecule has 1 rings (SSSR count). The second kappa shape index (κ2) is 8.65. The van der Waals surface area contributed by atoms with Gasteiger partial charge in [-0.05, 0) is 12.1 Å². The molecule has 0 aliphatic rings. The third-order valence-electron chi connectivity index (χ3n) is 1.36. The minimum atomic E-state index is -0.833. The Labute approximate surface area is 121 Å². The maximum atomic E-state index is 9.00. The number of halogens is 2. The van der Waals surface area contributed by atoms with E-state index in [0.717, 1.165) is 21.4 Å². The van der Waals surface area contributed by atoms with Gasteiger partial charge in [-0.15, -0.1) is 5.10 Å². The maximum absolute atomic E-state index is 9.00. The third kappa shape index (κ3) is 7.80. The number of hydrogen-bond acceptors (Lipinski definition) is 3. The van der Waals surface area contributed by atoms with E-state index in [1.54, 1.807) is 6.21 Å². The van der Waals surface area contributed by atoms with Crippen molar-refractivity contribution < 1.29 is 9.90 Å². The fraction of sp³-hybridized carbons (Fsp3) is 0.100. The van der Waals surface area contributed by atoms with Crippen LogP contribution in [0.4, 0.5) is 0 Å². The van der Waals surface area contributed by atoms with Crippen molar-refractivity contribution in [2.45, 2.75) is 6.92 Å². The Bertz CT molecular complexity index is 447. The lowest BCUT2D eigenvalue weighted by molar-refractivity contribution is -0.134. The molecular weight excluding hydrogens is 368 g/mol. The molecule has 0 aliphatic carbocycles. The summed E-state index contributed by atoms with van der Waals surface area (Å²) < 4.78 is 1.84. The molecule has 0 saturated carbocycles. The zero-order valence-corrected chi connectivity index (χ0v) is 12.6. The molecule has 6 nitrogen and oxygen atoms in total. The standard InChI is InChI=1S/C8H8Br2N4.C2H4O2/c9-6-2-1-3-7(10)5(6)4-13-14-8(11)12;1-2(3)4/h1-4H,(H4,11,12,14);1H3,(H,3,4)/b13-4+;. The summed E-state index contributed by atoms with van der Waals surface area (Å²) in [5.41, 5.74) is 11.1. The second-order valence-electron chi connectivity index (χ2n) is 2.92. The predicted molar refractivity (Wildman–Crippen MR) is 78.6 cm³/mol. The van der Waals surface area contributed by atoms with Gasteiger partial charge in [0, 0.05) is 21.4 Å². The molecule has 0 aliphatic heterocycles. The summed E-state index contributed by atoms with van der Waals surface area (Å²) in [7, 11) is 0. The number of carboxylic acids is 1. The molecule has 8 heteroatoms. The fourth-order valence-corrected chi connectivity index (χ4v) is 1.99. The number of hydrogen-bond donors (Lipinski definition) is 3. The molecule has 0 radical (unpaired) electrons. The van der Waals surface area contributed by atoms with Gasteiger partial charge in [0.2, 0.25) is 5.96 Å². The van der Waals surface area contributed by atoms with Crippen LogP contribution in [-0.2, 0) is 4.79 Å². The second-order valence-corrected chi connectivity index (χ2v) is 4.63. The highest BCUT2D eigenvalue weighted by atomic mass is 79.9. The van der Waals surface area contributed by atoms with E-state index in [9.17, 15) is 0 Å². The van der Waals surface area contributed by atoms with Crippen molar-refractivity contribution in [3.63, 3.8) is 0 Å². The zero-order valence-electron chi connectivity index (χ0n) is 9.47. The molecule has 5 N–H and O–H groups in total. The minimum absolute atomic E-state index is 0.0653. The van der Waals surface area contributed by atoms with Crippen molar-refractivity contribution in [1.29, 1.82) is 0 Å². The molecule has 0 aromatic heterocycles. The van der Waals surface area contributed by atoms with Gasteiger partial charge in [-0.1, -0.05) is 37.9 Å². The van der Waals surface area contributed by atoms with E-state index in [4.69, 9.17) is 21.4 Å². The lowest BCUT2D eigenvalue weighted by atomic mass is 10.2. The third-order valence-corrected chi connectivity index (χ3v) is 2.74. The smallest absolute Gasteiger partial charge is 0.300 e. The van der Waals surface area contributed by atoms with E-state index in [-0.39, 0.29) is 5.96 Å². The van der Waals surface area contributed by atoms with Crippen LogP contribution in [0, 0.1) is 0 Å². The van der Waals surface area contributed by atoms with Gasteiger partial charge in [-0.2, -0.15) is 5.10 Å². The number of aliphatic carboxylic acids is 1. The Morgan fingerprint density at radius 1 is 1.33 bits per heavy atom. The summed E-state index contributed by atoms with van der Waals surface area (Å²) >= 11 is 6.76. The average Bonchev–Trinajstić information content (AvgIpc) is 2.21. The molecule has 1 aromatic rings. The van der Waals surface area contributed by atoms with Crippen molar-refractivity contribution in [3.05, 3.63) is 32.7 Å². The summed E-state index contributed by atoms with van der Waals surface area (Å²) in [5.74, 6) is -0.899. The fourth-order valence-electron chi connectivity index (χ4n) is 0.787. The van der Waals surface area contributed by atoms with Gasteiger partial charge in [-0.25, -0.2) is 0 Å². The molecule has 0 amide bonds. The number of nitrogens with zero attached hydrogens (tertiary/aromatic N) is 2. The maximum Gasteiger partial charge on any atom is 0.300 e. The van der Waals surface area contributed by atoms with Gasteiger partial charge >= 0.3 is 0 Å². The van der Waals surface area contributed by atoms with E-state index in [0.29, 0.717) is 0 Å². The number of guanidine groups is 1. The van der Waals surface area contributed by atoms with Gasteiger partial charge in [0.05, 0.1) is 6.21 Å². The Morgan fingerprint density at radius 2 is 1.78 bits per heavy atom. The van der Waals surface area contributed by atoms with Gasteiger partial charge < -0.3 is 16.6 Å². The van der Waals surface area contributed by atoms with Crippen LogP contribution in [0.2, 0.25) is 0 Å². The molecule has 0 saturated heterocycles. The molecule has 0 unspecified atom stereocenters. The van der Waals surface area contributed by atoms with Crippen LogP contribution in [0.15, 0.2) is 37.3 Å². The summed E-state index contributed by atoms with van der Waals surface area (Å²) in [6.45, 7) is 1.08. The number of nitrogens with two attached hydrogens (primary N) is 2. The number of rotatable bonds is 2. The van der Waals surface area contributed by atoms with E-state index in [1.807, 2.05) is 18.2 Å². The van der Waals surface area contributed by atoms with E-state index >= 15 is 0 Å². The minimum Gasteiger partial charge on any atom is -0.481 e. The Hall–Kier alpha value is -1.41. The number of carbonyl (C=O) groups is 1. The predicted octanol–water partition coefficient (Wildman–Crippen LogP) is 1.91. The molecule has 0 bridgehead atoms. The SMILES string of the molecule is CC(=O)O.NC(N)=N/N=C/c1c(Br)cccc1Br. The van der Waals surface area contributed by atoms with Crippen molar-refractivity contribution in [2.24, 2.45) is 21.7 Å². The quantitative estimate of drug-likeness (QED) is 0.413. The summed E-state index contributed by atoms with van der Waals surface area (Å²) in [6.07, 6.45) is 1.56. The van der Waals surface area contributed by atoms with Crippen LogP contribution < -0.4 is 11.5 Å². The summed E-state index contributed by atoms with van der Waals surface area (Å²) in [6, 6.07) is 5.72. The number of carboxylic acid groups (broad SMARTS) is 1. The Morgan fingerprint density at radius 3 is 2.17 bits per heavy atom. The molecule has 1 aromatic carbocycles. The molecule has 0 spiro atoms. The average molecular weight is 380 g/mol. The van der Waals surface area contributed by atoms with Crippen LogP contribution in [0.5, 0.6) is 0 Å². The van der Waals surface area contributed by atoms with Crippen LogP contribution in [-0.4, -0.2) is 23.2 Å². The van der Waals surface area contributed by atoms with Crippen LogP contribution in [0.3, 0.4) is 0 Å². The molecule has 0 heterocycles. The van der Waals surface area contributed by atoms with E-state index < -0.39 is 5.97 Å². The molecular formula is C10H12Br2N4O2. The first-order chi connectivity index (χ1) is 8.34. The van der Waals surface area contributed by atoms with Crippen molar-refractivity contribution in [2.75, 3.05) is 0 Å². The van der Waals surface area contributed by atoms with Crippen LogP contribution in [0.1, 0.15) is 12.5 Å². The Balaban J connectivity index is 0.000000631. The zero-order chi connectivity index (χ0) is 14.1. The highest BCUT2D eigenvalue weighted by Gasteiger charge is 2.00. The van der Waals surface area contributed by atoms with E-state index in [1.165, 1.54) is 0 Å². The first-order valence-electron chi connectivity index (χ1n) is 4.60. The lowest BCUT2D eigenvalue weighted by Crippen LogP contribution is -2.21. The monoisotopic (exact) mass is 378 g/mol. The summed E-state index contributed by atoms with van der Waals surface area (Å²) in [5, 5.41) is 14.6. The van der Waals surface area contributed by atoms with Crippen molar-refractivity contribution in [1.82, 2.24) is 0 Å². The van der Waals surface area contributed by atoms with Crippen molar-refractivity contribution >= 4 is 50.0 Å². The van der Waals surface area contributed by atoms with Gasteiger partial charge in [0.1, 0.15) is 0 Å². The molecule has 98 valence electrons. The normalized spacial score (nSPS) is 9.50. The highest BCUT2D eigenvalue weighted by molar-refractivity contribution is 9.11. The topological polar surface area (TPSA) is 114 Å². The van der Waals surface area contributed by atoms with Gasteiger partial charge in [-0.3, -0.25) is 4.79 Å². The molecule has 0 atom stereocenters. The van der Waals surface area contributed by atoms with Crippen LogP contribution >= 0.6 is 31.9 Å². The molecule has 18 heavy (non-hydrogen) atoms. The van der Waals surface area contributed by atoms with Crippen LogP contribution in [0.25, 0.3) is 0 Å². The lowest BCUT2D eigenvalue weighted by Gasteiger charge is -1.99. The number of benzene rings is 1. The van der Waals surface area contributed by atoms with Crippen molar-refractivity contribution in [3.8, 4) is 0 Å². The molecule has 0 fully saturated rings. The van der Waals surface area contributed by atoms with Gasteiger partial charge in [0.15, 0.2) is 0 Å². The van der Waals surface area contributed by atoms with Gasteiger partial charge in [0.25, 0.3) is 5.97 Å². The highest BCUT2D eigenvalue weighted by Crippen LogP contribution is 2.23. The largest absolute Gasteiger partial charge is 0.481 e. The summed E-state index contributed by atoms with van der Waals surface area (Å²) in [4.78, 5) is 9.00. The first kappa shape index (κ1) is 16.6. The van der Waals surface area contributed by atoms with E-state index in [2.05, 4.69) is 42.1 Å². The first-order valence-corrected chi connectivity index (χ1v) is 6.18.